The predicted molar refractivity (Wildman–Crippen MR) is 87.1 cm³/mol. The summed E-state index contributed by atoms with van der Waals surface area (Å²) in [5, 5.41) is 7.23. The number of hydrogen-bond donors (Lipinski definition) is 1. The highest BCUT2D eigenvalue weighted by atomic mass is 16.5. The van der Waals surface area contributed by atoms with Gasteiger partial charge in [-0.2, -0.15) is 5.10 Å². The summed E-state index contributed by atoms with van der Waals surface area (Å²) < 4.78 is 6.84. The maximum Gasteiger partial charge on any atom is 0.310 e. The highest BCUT2D eigenvalue weighted by molar-refractivity contribution is 5.93. The number of anilines is 1. The fraction of sp³-hybridized carbons (Fsp3) is 0.688. The van der Waals surface area contributed by atoms with Crippen LogP contribution in [0.4, 0.5) is 5.69 Å². The maximum absolute atomic E-state index is 12.3. The number of nitrogens with zero attached hydrogens (tertiary/aromatic N) is 3. The number of ether oxygens (including phenoxy) is 1. The number of aromatic nitrogens is 2. The van der Waals surface area contributed by atoms with Crippen LogP contribution in [0.5, 0.6) is 0 Å². The number of likely N-dealkylation sites (tertiary alicyclic amines) is 1. The van der Waals surface area contributed by atoms with Gasteiger partial charge in [0.25, 0.3) is 0 Å². The minimum absolute atomic E-state index is 0.0753. The van der Waals surface area contributed by atoms with Crippen molar-refractivity contribution in [3.05, 3.63) is 11.4 Å². The number of hydrogen-bond acceptors (Lipinski definition) is 5. The van der Waals surface area contributed by atoms with E-state index < -0.39 is 0 Å². The van der Waals surface area contributed by atoms with Gasteiger partial charge >= 0.3 is 5.97 Å². The monoisotopic (exact) mass is 322 g/mol. The molecule has 0 bridgehead atoms. The summed E-state index contributed by atoms with van der Waals surface area (Å²) in [6.45, 7) is 7.70. The Kier molecular flexibility index (Phi) is 5.76. The van der Waals surface area contributed by atoms with E-state index in [0.717, 1.165) is 36.5 Å². The summed E-state index contributed by atoms with van der Waals surface area (Å²) >= 11 is 0. The molecule has 0 radical (unpaired) electrons. The van der Waals surface area contributed by atoms with Crippen LogP contribution in [0.2, 0.25) is 0 Å². The number of rotatable bonds is 5. The third kappa shape index (κ3) is 4.31. The molecule has 2 rings (SSSR count). The Labute approximate surface area is 137 Å². The van der Waals surface area contributed by atoms with E-state index in [0.29, 0.717) is 13.2 Å². The molecule has 1 unspecified atom stereocenters. The molecule has 0 aromatic carbocycles. The van der Waals surface area contributed by atoms with Crippen molar-refractivity contribution in [3.63, 3.8) is 0 Å². The van der Waals surface area contributed by atoms with Crippen molar-refractivity contribution in [2.75, 3.05) is 31.6 Å². The van der Waals surface area contributed by atoms with Crippen molar-refractivity contribution < 1.29 is 14.3 Å². The van der Waals surface area contributed by atoms with Gasteiger partial charge in [0.05, 0.1) is 36.1 Å². The topological polar surface area (TPSA) is 76.5 Å². The quantitative estimate of drug-likeness (QED) is 0.826. The number of nitrogens with one attached hydrogen (secondary N) is 1. The first-order valence-corrected chi connectivity index (χ1v) is 8.11. The molecule has 1 amide bonds. The molecule has 1 N–H and O–H groups in total. The maximum atomic E-state index is 12.3. The molecule has 1 aliphatic rings. The van der Waals surface area contributed by atoms with Crippen LogP contribution >= 0.6 is 0 Å². The SMILES string of the molecule is CCOC(=O)C1CCCN(CC(=O)Nc2c(C)nn(C)c2C)C1. The Hall–Kier alpha value is -1.89. The van der Waals surface area contributed by atoms with Crippen molar-refractivity contribution in [2.45, 2.75) is 33.6 Å². The van der Waals surface area contributed by atoms with Crippen LogP contribution in [0.15, 0.2) is 0 Å². The zero-order valence-electron chi connectivity index (χ0n) is 14.4. The minimum Gasteiger partial charge on any atom is -0.466 e. The normalized spacial score (nSPS) is 18.7. The van der Waals surface area contributed by atoms with Crippen LogP contribution in [-0.4, -0.2) is 52.8 Å². The van der Waals surface area contributed by atoms with Gasteiger partial charge in [0.2, 0.25) is 5.91 Å². The molecule has 0 aliphatic carbocycles. The first kappa shape index (κ1) is 17.5. The predicted octanol–water partition coefficient (Wildman–Crippen LogP) is 1.25. The lowest BCUT2D eigenvalue weighted by atomic mass is 9.98. The van der Waals surface area contributed by atoms with Crippen LogP contribution in [0.1, 0.15) is 31.2 Å². The summed E-state index contributed by atoms with van der Waals surface area (Å²) in [6, 6.07) is 0. The number of piperidine rings is 1. The fourth-order valence-corrected chi connectivity index (χ4v) is 2.99. The van der Waals surface area contributed by atoms with Gasteiger partial charge in [-0.3, -0.25) is 19.2 Å². The van der Waals surface area contributed by atoms with Gasteiger partial charge < -0.3 is 10.1 Å². The van der Waals surface area contributed by atoms with Crippen molar-refractivity contribution in [1.82, 2.24) is 14.7 Å². The van der Waals surface area contributed by atoms with Crippen molar-refractivity contribution in [1.29, 1.82) is 0 Å². The Morgan fingerprint density at radius 1 is 1.39 bits per heavy atom. The molecule has 0 saturated carbocycles. The summed E-state index contributed by atoms with van der Waals surface area (Å²) in [5.74, 6) is -0.358. The second-order valence-corrected chi connectivity index (χ2v) is 6.04. The summed E-state index contributed by atoms with van der Waals surface area (Å²) in [5.41, 5.74) is 2.51. The average molecular weight is 322 g/mol. The van der Waals surface area contributed by atoms with E-state index in [2.05, 4.69) is 10.4 Å². The van der Waals surface area contributed by atoms with Crippen LogP contribution in [0, 0.1) is 19.8 Å². The van der Waals surface area contributed by atoms with Gasteiger partial charge in [0.1, 0.15) is 0 Å². The molecule has 2 heterocycles. The summed E-state index contributed by atoms with van der Waals surface area (Å²) in [7, 11) is 1.85. The molecule has 7 heteroatoms. The first-order chi connectivity index (χ1) is 10.9. The second kappa shape index (κ2) is 7.59. The van der Waals surface area contributed by atoms with Crippen molar-refractivity contribution in [3.8, 4) is 0 Å². The Bertz CT molecular complexity index is 582. The van der Waals surface area contributed by atoms with E-state index in [4.69, 9.17) is 4.74 Å². The first-order valence-electron chi connectivity index (χ1n) is 8.11. The second-order valence-electron chi connectivity index (χ2n) is 6.04. The van der Waals surface area contributed by atoms with Crippen LogP contribution in [-0.2, 0) is 21.4 Å². The summed E-state index contributed by atoms with van der Waals surface area (Å²) in [4.78, 5) is 26.2. The number of carbonyl (C=O) groups is 2. The molecule has 1 atom stereocenters. The number of aryl methyl sites for hydroxylation is 2. The summed E-state index contributed by atoms with van der Waals surface area (Å²) in [6.07, 6.45) is 1.74. The molecule has 0 spiro atoms. The van der Waals surface area contributed by atoms with Crippen molar-refractivity contribution >= 4 is 17.6 Å². The molecule has 1 saturated heterocycles. The number of esters is 1. The van der Waals surface area contributed by atoms with Gasteiger partial charge in [-0.1, -0.05) is 0 Å². The molecule has 128 valence electrons. The lowest BCUT2D eigenvalue weighted by Gasteiger charge is -2.30. The van der Waals surface area contributed by atoms with E-state index in [-0.39, 0.29) is 24.3 Å². The molecular formula is C16H26N4O3. The van der Waals surface area contributed by atoms with E-state index in [1.807, 2.05) is 32.7 Å². The third-order valence-electron chi connectivity index (χ3n) is 4.27. The van der Waals surface area contributed by atoms with E-state index in [1.165, 1.54) is 0 Å². The minimum atomic E-state index is -0.156. The smallest absolute Gasteiger partial charge is 0.310 e. The van der Waals surface area contributed by atoms with Crippen LogP contribution in [0.3, 0.4) is 0 Å². The van der Waals surface area contributed by atoms with E-state index >= 15 is 0 Å². The van der Waals surface area contributed by atoms with Gasteiger partial charge in [-0.15, -0.1) is 0 Å². The van der Waals surface area contributed by atoms with Crippen LogP contribution in [0.25, 0.3) is 0 Å². The molecule has 7 nitrogen and oxygen atoms in total. The van der Waals surface area contributed by atoms with Crippen LogP contribution < -0.4 is 5.32 Å². The average Bonchev–Trinajstić information content (AvgIpc) is 2.74. The highest BCUT2D eigenvalue weighted by Crippen LogP contribution is 2.20. The number of amides is 1. The molecule has 23 heavy (non-hydrogen) atoms. The Balaban J connectivity index is 1.91. The zero-order valence-corrected chi connectivity index (χ0v) is 14.4. The number of carbonyl (C=O) groups excluding carboxylic acids is 2. The molecule has 1 aromatic heterocycles. The van der Waals surface area contributed by atoms with Gasteiger partial charge in [0, 0.05) is 13.6 Å². The fourth-order valence-electron chi connectivity index (χ4n) is 2.99. The van der Waals surface area contributed by atoms with Gasteiger partial charge in [-0.05, 0) is 40.2 Å². The molecular weight excluding hydrogens is 296 g/mol. The lowest BCUT2D eigenvalue weighted by molar-refractivity contribution is -0.150. The largest absolute Gasteiger partial charge is 0.466 e. The Morgan fingerprint density at radius 2 is 2.13 bits per heavy atom. The van der Waals surface area contributed by atoms with E-state index in [9.17, 15) is 9.59 Å². The van der Waals surface area contributed by atoms with E-state index in [1.54, 1.807) is 4.68 Å². The molecule has 1 aromatic rings. The van der Waals surface area contributed by atoms with Gasteiger partial charge in [0.15, 0.2) is 0 Å². The third-order valence-corrected chi connectivity index (χ3v) is 4.27. The van der Waals surface area contributed by atoms with Crippen molar-refractivity contribution in [2.24, 2.45) is 13.0 Å². The highest BCUT2D eigenvalue weighted by Gasteiger charge is 2.28. The standard InChI is InChI=1S/C16H26N4O3/c1-5-23-16(22)13-7-6-8-20(9-13)10-14(21)17-15-11(2)18-19(4)12(15)3/h13H,5-10H2,1-4H3,(H,17,21). The Morgan fingerprint density at radius 3 is 2.74 bits per heavy atom. The zero-order chi connectivity index (χ0) is 17.0. The molecule has 1 aliphatic heterocycles. The molecule has 1 fully saturated rings. The van der Waals surface area contributed by atoms with Gasteiger partial charge in [-0.25, -0.2) is 0 Å². The lowest BCUT2D eigenvalue weighted by Crippen LogP contribution is -2.43.